The normalized spacial score (nSPS) is 22.6. The summed E-state index contributed by atoms with van der Waals surface area (Å²) < 4.78 is 11.0. The van der Waals surface area contributed by atoms with Crippen LogP contribution >= 0.6 is 24.0 Å². The molecule has 4 heterocycles. The molecule has 2 aliphatic rings. The first-order valence-electron chi connectivity index (χ1n) is 11.3. The predicted octanol–water partition coefficient (Wildman–Crippen LogP) is 3.67. The lowest BCUT2D eigenvalue weighted by Crippen LogP contribution is -2.55. The second-order valence-corrected chi connectivity index (χ2v) is 9.36. The molecule has 10 nitrogen and oxygen atoms in total. The number of halogens is 1. The molecule has 11 heteroatoms. The Morgan fingerprint density at radius 3 is 2.67 bits per heavy atom. The molecule has 182 valence electrons. The largest absolute Gasteiger partial charge is 0.461 e. The van der Waals surface area contributed by atoms with Gasteiger partial charge in [0, 0.05) is 24.7 Å². The van der Waals surface area contributed by atoms with Crippen LogP contribution < -0.4 is 10.6 Å². The van der Waals surface area contributed by atoms with Crippen LogP contribution in [0.15, 0.2) is 27.8 Å². The van der Waals surface area contributed by atoms with Crippen LogP contribution in [0, 0.1) is 0 Å². The van der Waals surface area contributed by atoms with Gasteiger partial charge in [-0.25, -0.2) is 14.8 Å². The predicted molar refractivity (Wildman–Crippen MR) is 135 cm³/mol. The quantitative estimate of drug-likeness (QED) is 0.285. The summed E-state index contributed by atoms with van der Waals surface area (Å²) in [4.78, 5) is 23.7. The second-order valence-electron chi connectivity index (χ2n) is 9.36. The molecule has 0 aromatic carbocycles. The molecule has 0 spiro atoms. The molecule has 2 fully saturated rings. The zero-order valence-electron chi connectivity index (χ0n) is 19.6. The number of carbonyl (C=O) groups is 1. The first-order valence-corrected chi connectivity index (χ1v) is 11.3. The molecule has 2 bridgehead atoms. The number of piperidine rings is 1. The Morgan fingerprint density at radius 2 is 2.06 bits per heavy atom. The molecule has 2 aromatic rings. The maximum atomic E-state index is 12.7. The number of H-pyrrole nitrogens is 1. The first-order chi connectivity index (χ1) is 15.3. The molecule has 4 rings (SSSR count). The lowest BCUT2D eigenvalue weighted by Gasteiger charge is -2.40. The van der Waals surface area contributed by atoms with Gasteiger partial charge in [0.2, 0.25) is 5.82 Å². The van der Waals surface area contributed by atoms with Gasteiger partial charge >= 0.3 is 6.09 Å². The summed E-state index contributed by atoms with van der Waals surface area (Å²) in [7, 11) is 0. The molecule has 2 aromatic heterocycles. The Labute approximate surface area is 211 Å². The average molecular weight is 571 g/mol. The van der Waals surface area contributed by atoms with E-state index in [4.69, 9.17) is 9.15 Å². The fourth-order valence-electron chi connectivity index (χ4n) is 4.46. The number of aliphatic imine (C=N–C) groups is 1. The highest BCUT2D eigenvalue weighted by molar-refractivity contribution is 14.0. The smallest absolute Gasteiger partial charge is 0.410 e. The van der Waals surface area contributed by atoms with E-state index < -0.39 is 5.60 Å². The van der Waals surface area contributed by atoms with Crippen molar-refractivity contribution in [3.63, 3.8) is 0 Å². The molecular weight excluding hydrogens is 537 g/mol. The van der Waals surface area contributed by atoms with E-state index in [9.17, 15) is 4.79 Å². The summed E-state index contributed by atoms with van der Waals surface area (Å²) in [6.07, 6.45) is 5.20. The molecule has 2 saturated heterocycles. The molecule has 33 heavy (non-hydrogen) atoms. The van der Waals surface area contributed by atoms with E-state index in [0.717, 1.165) is 38.2 Å². The third-order valence-electron chi connectivity index (χ3n) is 5.68. The third-order valence-corrected chi connectivity index (χ3v) is 5.68. The molecule has 1 amide bonds. The van der Waals surface area contributed by atoms with Crippen LogP contribution in [-0.4, -0.2) is 62.4 Å². The highest BCUT2D eigenvalue weighted by Gasteiger charge is 2.45. The van der Waals surface area contributed by atoms with Gasteiger partial charge in [0.15, 0.2) is 11.7 Å². The van der Waals surface area contributed by atoms with Crippen molar-refractivity contribution < 1.29 is 13.9 Å². The third kappa shape index (κ3) is 6.39. The lowest BCUT2D eigenvalue weighted by atomic mass is 9.98. The van der Waals surface area contributed by atoms with E-state index in [1.54, 1.807) is 12.3 Å². The minimum atomic E-state index is -0.478. The van der Waals surface area contributed by atoms with Crippen molar-refractivity contribution in [2.45, 2.75) is 83.6 Å². The standard InChI is InChI=1S/C22H33N7O3.HI/c1-5-23-20(24-13-18-26-19(28-27-18)17-7-6-10-31-17)25-14-11-15-8-9-16(12-14)29(15)21(30)32-22(2,3)4;/h6-7,10,14-16H,5,8-9,11-13H2,1-4H3,(H2,23,24,25)(H,26,27,28);1H. The van der Waals surface area contributed by atoms with Gasteiger partial charge in [-0.15, -0.1) is 29.1 Å². The molecule has 2 unspecified atom stereocenters. The number of hydrogen-bond donors (Lipinski definition) is 3. The van der Waals surface area contributed by atoms with Crippen LogP contribution in [-0.2, 0) is 11.3 Å². The van der Waals surface area contributed by atoms with Gasteiger partial charge in [-0.2, -0.15) is 0 Å². The highest BCUT2D eigenvalue weighted by atomic mass is 127. The maximum absolute atomic E-state index is 12.7. The number of hydrogen-bond acceptors (Lipinski definition) is 6. The monoisotopic (exact) mass is 571 g/mol. The summed E-state index contributed by atoms with van der Waals surface area (Å²) in [6, 6.07) is 4.28. The number of furan rings is 1. The van der Waals surface area contributed by atoms with Gasteiger partial charge in [-0.1, -0.05) is 0 Å². The average Bonchev–Trinajstić information content (AvgIpc) is 3.44. The number of aromatic amines is 1. The first kappa shape index (κ1) is 25.3. The van der Waals surface area contributed by atoms with Gasteiger partial charge in [0.05, 0.1) is 6.26 Å². The molecule has 2 aliphatic heterocycles. The van der Waals surface area contributed by atoms with Crippen molar-refractivity contribution >= 4 is 36.0 Å². The van der Waals surface area contributed by atoms with Crippen molar-refractivity contribution in [1.82, 2.24) is 30.7 Å². The maximum Gasteiger partial charge on any atom is 0.410 e. The van der Waals surface area contributed by atoms with E-state index in [2.05, 4.69) is 30.8 Å². The molecule has 0 aliphatic carbocycles. The van der Waals surface area contributed by atoms with Crippen LogP contribution in [0.1, 0.15) is 59.2 Å². The lowest BCUT2D eigenvalue weighted by molar-refractivity contribution is 0.00545. The number of ether oxygens (including phenoxy) is 1. The summed E-state index contributed by atoms with van der Waals surface area (Å²) in [5.74, 6) is 2.53. The van der Waals surface area contributed by atoms with Crippen molar-refractivity contribution in [2.75, 3.05) is 6.54 Å². The van der Waals surface area contributed by atoms with Crippen LogP contribution in [0.25, 0.3) is 11.6 Å². The summed E-state index contributed by atoms with van der Waals surface area (Å²) in [5.41, 5.74) is -0.478. The molecule has 2 atom stereocenters. The Kier molecular flexibility index (Phi) is 8.24. The minimum Gasteiger partial charge on any atom is -0.461 e. The Morgan fingerprint density at radius 1 is 1.33 bits per heavy atom. The van der Waals surface area contributed by atoms with E-state index in [1.165, 1.54) is 0 Å². The number of aromatic nitrogens is 3. The van der Waals surface area contributed by atoms with Gasteiger partial charge < -0.3 is 24.7 Å². The second kappa shape index (κ2) is 10.7. The van der Waals surface area contributed by atoms with Gasteiger partial charge in [0.1, 0.15) is 18.0 Å². The number of carbonyl (C=O) groups excluding carboxylic acids is 1. The number of rotatable bonds is 5. The van der Waals surface area contributed by atoms with Crippen molar-refractivity contribution in [3.8, 4) is 11.6 Å². The number of nitrogens with one attached hydrogen (secondary N) is 3. The van der Waals surface area contributed by atoms with Crippen LogP contribution in [0.4, 0.5) is 4.79 Å². The summed E-state index contributed by atoms with van der Waals surface area (Å²) in [5, 5.41) is 14.0. The number of nitrogens with zero attached hydrogens (tertiary/aromatic N) is 4. The fraction of sp³-hybridized carbons (Fsp3) is 0.636. The van der Waals surface area contributed by atoms with E-state index >= 15 is 0 Å². The number of guanidine groups is 1. The topological polar surface area (TPSA) is 121 Å². The van der Waals surface area contributed by atoms with Gasteiger partial charge in [-0.05, 0) is 65.5 Å². The zero-order chi connectivity index (χ0) is 22.7. The van der Waals surface area contributed by atoms with Gasteiger partial charge in [-0.3, -0.25) is 5.10 Å². The van der Waals surface area contributed by atoms with E-state index in [1.807, 2.05) is 38.7 Å². The minimum absolute atomic E-state index is 0. The van der Waals surface area contributed by atoms with Crippen LogP contribution in [0.3, 0.4) is 0 Å². The van der Waals surface area contributed by atoms with E-state index in [0.29, 0.717) is 24.0 Å². The highest BCUT2D eigenvalue weighted by Crippen LogP contribution is 2.36. The Hall–Kier alpha value is -2.31. The van der Waals surface area contributed by atoms with Crippen LogP contribution in [0.5, 0.6) is 0 Å². The molecule has 0 radical (unpaired) electrons. The number of amides is 1. The van der Waals surface area contributed by atoms with Gasteiger partial charge in [0.25, 0.3) is 0 Å². The molecule has 3 N–H and O–H groups in total. The summed E-state index contributed by atoms with van der Waals surface area (Å²) >= 11 is 0. The van der Waals surface area contributed by atoms with Crippen LogP contribution in [0.2, 0.25) is 0 Å². The van der Waals surface area contributed by atoms with Crippen molar-refractivity contribution in [3.05, 3.63) is 24.2 Å². The fourth-order valence-corrected chi connectivity index (χ4v) is 4.46. The molecule has 0 saturated carbocycles. The van der Waals surface area contributed by atoms with Crippen molar-refractivity contribution in [1.29, 1.82) is 0 Å². The SMILES string of the molecule is CCNC(=NCc1nc(-c2ccco2)n[nH]1)NC1CC2CCC(C1)N2C(=O)OC(C)(C)C.I. The number of fused-ring (bicyclic) bond motifs is 2. The molecular formula is C22H34IN7O3. The van der Waals surface area contributed by atoms with Crippen molar-refractivity contribution in [2.24, 2.45) is 4.99 Å². The summed E-state index contributed by atoms with van der Waals surface area (Å²) in [6.45, 7) is 8.89. The Bertz CT molecular complexity index is 924. The zero-order valence-corrected chi connectivity index (χ0v) is 22.0. The Balaban J connectivity index is 0.00000306. The van der Waals surface area contributed by atoms with E-state index in [-0.39, 0.29) is 48.2 Å².